The van der Waals surface area contributed by atoms with Crippen LogP contribution in [0.2, 0.25) is 5.02 Å². The maximum atomic E-state index is 13.1. The molecule has 3 aromatic rings. The number of hydrogen-bond donors (Lipinski definition) is 4. The predicted octanol–water partition coefficient (Wildman–Crippen LogP) is 4.25. The van der Waals surface area contributed by atoms with Crippen LogP contribution in [-0.2, 0) is 4.74 Å². The number of aliphatic hydroxyl groups is 1. The predicted molar refractivity (Wildman–Crippen MR) is 137 cm³/mol. The molecule has 4 N–H and O–H groups in total. The number of fused-ring (bicyclic) bond motifs is 1. The van der Waals surface area contributed by atoms with Gasteiger partial charge < -0.3 is 34.9 Å². The number of carbonyl (C=O) groups is 1. The maximum Gasteiger partial charge on any atom is 0.255 e. The Hall–Kier alpha value is -3.27. The first-order valence-electron chi connectivity index (χ1n) is 11.9. The van der Waals surface area contributed by atoms with Crippen molar-refractivity contribution < 1.29 is 24.1 Å². The summed E-state index contributed by atoms with van der Waals surface area (Å²) >= 11 is 6.37. The number of aromatic amines is 1. The zero-order valence-corrected chi connectivity index (χ0v) is 20.9. The molecule has 1 saturated heterocycles. The first-order valence-corrected chi connectivity index (χ1v) is 12.3. The van der Waals surface area contributed by atoms with Crippen LogP contribution in [0.15, 0.2) is 36.7 Å². The third-order valence-corrected chi connectivity index (χ3v) is 7.05. The third kappa shape index (κ3) is 4.50. The highest BCUT2D eigenvalue weighted by atomic mass is 35.5. The summed E-state index contributed by atoms with van der Waals surface area (Å²) in [4.78, 5) is 20.9. The zero-order chi connectivity index (χ0) is 25.3. The van der Waals surface area contributed by atoms with E-state index in [2.05, 4.69) is 20.6 Å². The molecule has 0 bridgehead atoms. The fourth-order valence-corrected chi connectivity index (χ4v) is 4.89. The van der Waals surface area contributed by atoms with Gasteiger partial charge in [0.25, 0.3) is 5.91 Å². The SMILES string of the molecule is COc1c(Cl)cccc1Nc1c(-c2ccncc2OCC2(C)CCO2)[nH]c2c1C(=O)NC[C@@H]2CCO. The Morgan fingerprint density at radius 2 is 2.19 bits per heavy atom. The highest BCUT2D eigenvalue weighted by Gasteiger charge is 2.36. The summed E-state index contributed by atoms with van der Waals surface area (Å²) < 4.78 is 17.4. The molecule has 0 radical (unpaired) electrons. The lowest BCUT2D eigenvalue weighted by Gasteiger charge is -2.38. The van der Waals surface area contributed by atoms with E-state index in [-0.39, 0.29) is 24.0 Å². The number of benzene rings is 1. The number of amides is 1. The number of carbonyl (C=O) groups excluding carboxylic acids is 1. The maximum absolute atomic E-state index is 13.1. The van der Waals surface area contributed by atoms with Gasteiger partial charge in [-0.05, 0) is 31.5 Å². The molecule has 190 valence electrons. The van der Waals surface area contributed by atoms with Crippen molar-refractivity contribution in [3.63, 3.8) is 0 Å². The first kappa shape index (κ1) is 24.4. The van der Waals surface area contributed by atoms with E-state index in [1.807, 2.05) is 19.1 Å². The number of para-hydroxylation sites is 1. The standard InChI is InChI=1S/C26H29ClN4O5/c1-26(8-11-36-26)14-35-19-13-28-9-6-16(19)22-23(30-18-5-3-4-17(27)24(18)34-2)20-21(31-22)15(7-10-32)12-29-25(20)33/h3-6,9,13,15,30-32H,7-8,10-12,14H2,1-2H3,(H,29,33)/t15-,26?/m0/s1. The average molecular weight is 513 g/mol. The number of rotatable bonds is 9. The molecule has 10 heteroatoms. The first-order chi connectivity index (χ1) is 17.4. The lowest BCUT2D eigenvalue weighted by atomic mass is 9.94. The van der Waals surface area contributed by atoms with Crippen molar-refractivity contribution in [2.45, 2.75) is 31.3 Å². The highest BCUT2D eigenvalue weighted by molar-refractivity contribution is 6.32. The van der Waals surface area contributed by atoms with Crippen molar-refractivity contribution in [3.05, 3.63) is 52.9 Å². The summed E-state index contributed by atoms with van der Waals surface area (Å²) in [6, 6.07) is 7.22. The lowest BCUT2D eigenvalue weighted by Crippen LogP contribution is -2.45. The van der Waals surface area contributed by atoms with Gasteiger partial charge in [0.1, 0.15) is 18.0 Å². The van der Waals surface area contributed by atoms with Gasteiger partial charge in [-0.3, -0.25) is 9.78 Å². The Balaban J connectivity index is 1.63. The average Bonchev–Trinajstić information content (AvgIpc) is 3.24. The van der Waals surface area contributed by atoms with E-state index in [0.29, 0.717) is 58.7 Å². The normalized spacial score (nSPS) is 20.8. The minimum absolute atomic E-state index is 0.00140. The Labute approximate surface area is 214 Å². The van der Waals surface area contributed by atoms with Crippen molar-refractivity contribution >= 4 is 28.9 Å². The molecule has 1 aromatic carbocycles. The molecule has 4 heterocycles. The molecular formula is C26H29ClN4O5. The van der Waals surface area contributed by atoms with Crippen LogP contribution in [0, 0.1) is 0 Å². The minimum Gasteiger partial charge on any atom is -0.493 e. The number of aliphatic hydroxyl groups excluding tert-OH is 1. The van der Waals surface area contributed by atoms with Crippen molar-refractivity contribution in [1.82, 2.24) is 15.3 Å². The van der Waals surface area contributed by atoms with Crippen LogP contribution in [0.25, 0.3) is 11.3 Å². The zero-order valence-electron chi connectivity index (χ0n) is 20.2. The van der Waals surface area contributed by atoms with Crippen LogP contribution >= 0.6 is 11.6 Å². The Morgan fingerprint density at radius 3 is 2.92 bits per heavy atom. The summed E-state index contributed by atoms with van der Waals surface area (Å²) in [7, 11) is 1.54. The van der Waals surface area contributed by atoms with Gasteiger partial charge in [-0.1, -0.05) is 17.7 Å². The van der Waals surface area contributed by atoms with Crippen molar-refractivity contribution in [2.24, 2.45) is 0 Å². The largest absolute Gasteiger partial charge is 0.493 e. The number of methoxy groups -OCH3 is 1. The molecule has 0 spiro atoms. The molecule has 2 aromatic heterocycles. The monoisotopic (exact) mass is 512 g/mol. The molecule has 1 unspecified atom stereocenters. The van der Waals surface area contributed by atoms with Gasteiger partial charge in [0.05, 0.1) is 47.6 Å². The third-order valence-electron chi connectivity index (χ3n) is 6.75. The molecule has 9 nitrogen and oxygen atoms in total. The number of nitrogens with one attached hydrogen (secondary N) is 3. The van der Waals surface area contributed by atoms with E-state index < -0.39 is 0 Å². The fourth-order valence-electron chi connectivity index (χ4n) is 4.64. The fraction of sp³-hybridized carbons (Fsp3) is 0.385. The number of anilines is 2. The van der Waals surface area contributed by atoms with E-state index in [4.69, 9.17) is 25.8 Å². The van der Waals surface area contributed by atoms with E-state index in [1.54, 1.807) is 31.6 Å². The topological polar surface area (TPSA) is 118 Å². The Morgan fingerprint density at radius 1 is 1.36 bits per heavy atom. The van der Waals surface area contributed by atoms with Gasteiger partial charge in [-0.2, -0.15) is 0 Å². The van der Waals surface area contributed by atoms with E-state index >= 15 is 0 Å². The molecular weight excluding hydrogens is 484 g/mol. The van der Waals surface area contributed by atoms with Crippen LogP contribution in [-0.4, -0.2) is 60.1 Å². The summed E-state index contributed by atoms with van der Waals surface area (Å²) in [5, 5.41) is 16.4. The van der Waals surface area contributed by atoms with Gasteiger partial charge in [-0.15, -0.1) is 0 Å². The van der Waals surface area contributed by atoms with E-state index in [9.17, 15) is 9.90 Å². The van der Waals surface area contributed by atoms with Gasteiger partial charge in [-0.25, -0.2) is 0 Å². The van der Waals surface area contributed by atoms with Crippen molar-refractivity contribution in [3.8, 4) is 22.8 Å². The molecule has 1 amide bonds. The minimum atomic E-state index is -0.330. The summed E-state index contributed by atoms with van der Waals surface area (Å²) in [5.41, 5.74) is 3.48. The number of H-pyrrole nitrogens is 1. The van der Waals surface area contributed by atoms with Gasteiger partial charge in [0.2, 0.25) is 0 Å². The quantitative estimate of drug-likeness (QED) is 0.338. The molecule has 2 aliphatic rings. The lowest BCUT2D eigenvalue weighted by molar-refractivity contribution is -0.152. The summed E-state index contributed by atoms with van der Waals surface area (Å²) in [6.45, 7) is 3.55. The molecule has 36 heavy (non-hydrogen) atoms. The number of pyridine rings is 1. The van der Waals surface area contributed by atoms with E-state index in [1.165, 1.54) is 0 Å². The number of aromatic nitrogens is 2. The van der Waals surface area contributed by atoms with Crippen LogP contribution in [0.3, 0.4) is 0 Å². The molecule has 5 rings (SSSR count). The molecule has 0 aliphatic carbocycles. The second-order valence-corrected chi connectivity index (χ2v) is 9.64. The van der Waals surface area contributed by atoms with Crippen LogP contribution in [0.4, 0.5) is 11.4 Å². The second kappa shape index (κ2) is 10.0. The van der Waals surface area contributed by atoms with Gasteiger partial charge in [0.15, 0.2) is 5.75 Å². The van der Waals surface area contributed by atoms with Crippen molar-refractivity contribution in [2.75, 3.05) is 38.8 Å². The van der Waals surface area contributed by atoms with E-state index in [0.717, 1.165) is 24.3 Å². The summed E-state index contributed by atoms with van der Waals surface area (Å²) in [6.07, 6.45) is 4.76. The second-order valence-electron chi connectivity index (χ2n) is 9.24. The number of ether oxygens (including phenoxy) is 3. The van der Waals surface area contributed by atoms with Crippen molar-refractivity contribution in [1.29, 1.82) is 0 Å². The van der Waals surface area contributed by atoms with Crippen LogP contribution < -0.4 is 20.1 Å². The number of nitrogens with zero attached hydrogens (tertiary/aromatic N) is 1. The Kier molecular flexibility index (Phi) is 6.79. The van der Waals surface area contributed by atoms with Crippen LogP contribution in [0.5, 0.6) is 11.5 Å². The Bertz CT molecular complexity index is 1270. The smallest absolute Gasteiger partial charge is 0.255 e. The summed E-state index contributed by atoms with van der Waals surface area (Å²) in [5.74, 6) is 0.737. The molecule has 2 aliphatic heterocycles. The molecule has 2 atom stereocenters. The molecule has 1 fully saturated rings. The van der Waals surface area contributed by atoms with Gasteiger partial charge in [0, 0.05) is 42.9 Å². The number of halogens is 1. The molecule has 0 saturated carbocycles. The highest BCUT2D eigenvalue weighted by Crippen LogP contribution is 2.45. The van der Waals surface area contributed by atoms with Gasteiger partial charge >= 0.3 is 0 Å². The number of hydrogen-bond acceptors (Lipinski definition) is 7. The van der Waals surface area contributed by atoms with Crippen LogP contribution in [0.1, 0.15) is 41.7 Å².